The summed E-state index contributed by atoms with van der Waals surface area (Å²) in [6.45, 7) is 3.32. The molecule has 0 aromatic heterocycles. The average Bonchev–Trinajstić information content (AvgIpc) is 2.69. The molecule has 2 rings (SSSR count). The van der Waals surface area contributed by atoms with E-state index < -0.39 is 9.84 Å². The van der Waals surface area contributed by atoms with Gasteiger partial charge in [-0.1, -0.05) is 13.3 Å². The van der Waals surface area contributed by atoms with Crippen LogP contribution in [-0.4, -0.2) is 32.5 Å². The molecule has 0 bridgehead atoms. The molecule has 0 amide bonds. The zero-order valence-electron chi connectivity index (χ0n) is 9.41. The fraction of sp³-hybridized carbons (Fsp3) is 1.00. The van der Waals surface area contributed by atoms with Crippen LogP contribution in [0.4, 0.5) is 0 Å². The van der Waals surface area contributed by atoms with Crippen LogP contribution < -0.4 is 5.32 Å². The second-order valence-electron chi connectivity index (χ2n) is 5.29. The molecule has 0 aromatic rings. The van der Waals surface area contributed by atoms with Gasteiger partial charge in [-0.3, -0.25) is 0 Å². The van der Waals surface area contributed by atoms with Gasteiger partial charge in [-0.2, -0.15) is 0 Å². The van der Waals surface area contributed by atoms with E-state index in [1.54, 1.807) is 0 Å². The number of hydrogen-bond donors (Lipinski definition) is 1. The molecule has 1 heterocycles. The van der Waals surface area contributed by atoms with E-state index in [-0.39, 0.29) is 6.04 Å². The van der Waals surface area contributed by atoms with Crippen LogP contribution in [0, 0.1) is 11.8 Å². The molecule has 1 N–H and O–H groups in total. The molecular weight excluding hydrogens is 210 g/mol. The molecule has 0 aromatic carbocycles. The minimum atomic E-state index is -2.71. The molecule has 0 radical (unpaired) electrons. The van der Waals surface area contributed by atoms with Crippen molar-refractivity contribution >= 4 is 9.84 Å². The summed E-state index contributed by atoms with van der Waals surface area (Å²) in [5, 5.41) is 3.42. The molecule has 1 saturated heterocycles. The van der Waals surface area contributed by atoms with Gasteiger partial charge >= 0.3 is 0 Å². The van der Waals surface area contributed by atoms with E-state index in [1.165, 1.54) is 19.3 Å². The Morgan fingerprint density at radius 2 is 2.07 bits per heavy atom. The molecule has 4 heteroatoms. The Bertz CT molecular complexity index is 313. The summed E-state index contributed by atoms with van der Waals surface area (Å²) < 4.78 is 22.5. The van der Waals surface area contributed by atoms with E-state index in [0.29, 0.717) is 11.5 Å². The highest BCUT2D eigenvalue weighted by atomic mass is 32.2. The number of rotatable bonds is 3. The van der Waals surface area contributed by atoms with E-state index in [2.05, 4.69) is 12.2 Å². The van der Waals surface area contributed by atoms with Gasteiger partial charge in [0.25, 0.3) is 0 Å². The molecule has 2 aliphatic rings. The van der Waals surface area contributed by atoms with Crippen LogP contribution >= 0.6 is 0 Å². The number of nitrogens with one attached hydrogen (secondary N) is 1. The van der Waals surface area contributed by atoms with Crippen LogP contribution in [-0.2, 0) is 9.84 Å². The first-order valence-corrected chi connectivity index (χ1v) is 7.81. The average molecular weight is 231 g/mol. The maximum absolute atomic E-state index is 11.2. The SMILES string of the molecule is CC1CCC(CNC2CCS(=O)(=O)C2)C1. The standard InChI is InChI=1S/C11H21NO2S/c1-9-2-3-10(6-9)7-12-11-4-5-15(13,14)8-11/h9-12H,2-8H2,1H3. The maximum Gasteiger partial charge on any atom is 0.151 e. The first-order valence-electron chi connectivity index (χ1n) is 5.99. The third-order valence-corrected chi connectivity index (χ3v) is 5.50. The van der Waals surface area contributed by atoms with Crippen LogP contribution in [0.3, 0.4) is 0 Å². The summed E-state index contributed by atoms with van der Waals surface area (Å²) >= 11 is 0. The second-order valence-corrected chi connectivity index (χ2v) is 7.52. The lowest BCUT2D eigenvalue weighted by Crippen LogP contribution is -2.33. The van der Waals surface area contributed by atoms with E-state index in [0.717, 1.165) is 24.8 Å². The van der Waals surface area contributed by atoms with Crippen molar-refractivity contribution in [1.82, 2.24) is 5.32 Å². The Balaban J connectivity index is 1.71. The van der Waals surface area contributed by atoms with Crippen LogP contribution in [0.15, 0.2) is 0 Å². The van der Waals surface area contributed by atoms with Crippen LogP contribution in [0.25, 0.3) is 0 Å². The zero-order chi connectivity index (χ0) is 10.9. The predicted molar refractivity (Wildman–Crippen MR) is 61.6 cm³/mol. The fourth-order valence-corrected chi connectivity index (χ4v) is 4.51. The summed E-state index contributed by atoms with van der Waals surface area (Å²) in [5.41, 5.74) is 0. The first kappa shape index (κ1) is 11.4. The summed E-state index contributed by atoms with van der Waals surface area (Å²) in [5.74, 6) is 2.38. The molecule has 2 fully saturated rings. The van der Waals surface area contributed by atoms with Crippen LogP contribution in [0.2, 0.25) is 0 Å². The van der Waals surface area contributed by atoms with E-state index in [4.69, 9.17) is 0 Å². The van der Waals surface area contributed by atoms with E-state index in [1.807, 2.05) is 0 Å². The molecule has 1 aliphatic carbocycles. The van der Waals surface area contributed by atoms with Gasteiger partial charge in [-0.15, -0.1) is 0 Å². The minimum Gasteiger partial charge on any atom is -0.313 e. The molecule has 3 atom stereocenters. The highest BCUT2D eigenvalue weighted by Gasteiger charge is 2.28. The lowest BCUT2D eigenvalue weighted by molar-refractivity contribution is 0.437. The number of sulfone groups is 1. The Kier molecular flexibility index (Phi) is 3.36. The molecular formula is C11H21NO2S. The van der Waals surface area contributed by atoms with Gasteiger partial charge in [-0.05, 0) is 37.6 Å². The van der Waals surface area contributed by atoms with Gasteiger partial charge in [0.2, 0.25) is 0 Å². The largest absolute Gasteiger partial charge is 0.313 e. The van der Waals surface area contributed by atoms with Crippen molar-refractivity contribution in [1.29, 1.82) is 0 Å². The smallest absolute Gasteiger partial charge is 0.151 e. The van der Waals surface area contributed by atoms with Crippen molar-refractivity contribution in [3.63, 3.8) is 0 Å². The zero-order valence-corrected chi connectivity index (χ0v) is 10.2. The van der Waals surface area contributed by atoms with Gasteiger partial charge in [-0.25, -0.2) is 8.42 Å². The van der Waals surface area contributed by atoms with Gasteiger partial charge < -0.3 is 5.32 Å². The predicted octanol–water partition coefficient (Wildman–Crippen LogP) is 1.20. The van der Waals surface area contributed by atoms with Crippen molar-refractivity contribution in [2.75, 3.05) is 18.1 Å². The summed E-state index contributed by atoms with van der Waals surface area (Å²) in [6.07, 6.45) is 4.78. The van der Waals surface area contributed by atoms with Crippen molar-refractivity contribution in [3.05, 3.63) is 0 Å². The monoisotopic (exact) mass is 231 g/mol. The van der Waals surface area contributed by atoms with Crippen molar-refractivity contribution < 1.29 is 8.42 Å². The van der Waals surface area contributed by atoms with Crippen molar-refractivity contribution in [2.24, 2.45) is 11.8 Å². The third-order valence-electron chi connectivity index (χ3n) is 3.73. The molecule has 1 aliphatic heterocycles. The van der Waals surface area contributed by atoms with E-state index in [9.17, 15) is 8.42 Å². The molecule has 3 unspecified atom stereocenters. The van der Waals surface area contributed by atoms with Gasteiger partial charge in [0.1, 0.15) is 0 Å². The highest BCUT2D eigenvalue weighted by Crippen LogP contribution is 2.29. The fourth-order valence-electron chi connectivity index (χ4n) is 2.80. The number of hydrogen-bond acceptors (Lipinski definition) is 3. The van der Waals surface area contributed by atoms with Crippen LogP contribution in [0.1, 0.15) is 32.6 Å². The molecule has 3 nitrogen and oxygen atoms in total. The summed E-state index contributed by atoms with van der Waals surface area (Å²) in [4.78, 5) is 0. The maximum atomic E-state index is 11.2. The van der Waals surface area contributed by atoms with Crippen LogP contribution in [0.5, 0.6) is 0 Å². The normalized spacial score (nSPS) is 39.7. The molecule has 0 spiro atoms. The summed E-state index contributed by atoms with van der Waals surface area (Å²) in [6, 6.07) is 0.228. The van der Waals surface area contributed by atoms with Gasteiger partial charge in [0.15, 0.2) is 9.84 Å². The molecule has 15 heavy (non-hydrogen) atoms. The quantitative estimate of drug-likeness (QED) is 0.794. The summed E-state index contributed by atoms with van der Waals surface area (Å²) in [7, 11) is -2.71. The molecule has 88 valence electrons. The second kappa shape index (κ2) is 4.42. The van der Waals surface area contributed by atoms with Gasteiger partial charge in [0, 0.05) is 6.04 Å². The Morgan fingerprint density at radius 3 is 2.60 bits per heavy atom. The van der Waals surface area contributed by atoms with E-state index >= 15 is 0 Å². The Labute approximate surface area is 92.6 Å². The van der Waals surface area contributed by atoms with Gasteiger partial charge in [0.05, 0.1) is 11.5 Å². The molecule has 1 saturated carbocycles. The minimum absolute atomic E-state index is 0.228. The highest BCUT2D eigenvalue weighted by molar-refractivity contribution is 7.91. The van der Waals surface area contributed by atoms with Crippen molar-refractivity contribution in [3.8, 4) is 0 Å². The first-order chi connectivity index (χ1) is 7.05. The lowest BCUT2D eigenvalue weighted by atomic mass is 10.1. The van der Waals surface area contributed by atoms with Crippen molar-refractivity contribution in [2.45, 2.75) is 38.6 Å². The third kappa shape index (κ3) is 3.18. The Morgan fingerprint density at radius 1 is 1.27 bits per heavy atom. The topological polar surface area (TPSA) is 46.2 Å². The Hall–Kier alpha value is -0.0900. The lowest BCUT2D eigenvalue weighted by Gasteiger charge is -2.15.